The van der Waals surface area contributed by atoms with Crippen molar-refractivity contribution in [3.05, 3.63) is 36.4 Å². The van der Waals surface area contributed by atoms with Crippen LogP contribution in [0.25, 0.3) is 5.57 Å². The lowest BCUT2D eigenvalue weighted by atomic mass is 10.0. The first kappa shape index (κ1) is 10.7. The maximum atomic E-state index is 9.20. The lowest BCUT2D eigenvalue weighted by Gasteiger charge is -2.19. The Morgan fingerprint density at radius 2 is 2.07 bits per heavy atom. The Labute approximate surface area is 83.4 Å². The normalized spacial score (nSPS) is 12.3. The van der Waals surface area contributed by atoms with Crippen LogP contribution in [0.15, 0.2) is 30.8 Å². The Kier molecular flexibility index (Phi) is 3.24. The number of nitrogens with two attached hydrogens (primary N) is 2. The zero-order valence-electron chi connectivity index (χ0n) is 8.14. The molecule has 1 rings (SSSR count). The Balaban J connectivity index is 3.13. The number of aliphatic hydroxyl groups excluding tert-OH is 1. The van der Waals surface area contributed by atoms with Gasteiger partial charge in [0.25, 0.3) is 0 Å². The molecule has 1 aromatic carbocycles. The summed E-state index contributed by atoms with van der Waals surface area (Å²) in [5.74, 6) is 5.62. The van der Waals surface area contributed by atoms with Gasteiger partial charge < -0.3 is 15.8 Å². The number of hydrazine groups is 1. The van der Waals surface area contributed by atoms with E-state index in [0.717, 1.165) is 11.3 Å². The van der Waals surface area contributed by atoms with Crippen LogP contribution in [0.2, 0.25) is 0 Å². The van der Waals surface area contributed by atoms with Crippen molar-refractivity contribution in [2.24, 2.45) is 11.6 Å². The number of benzene rings is 1. The Morgan fingerprint density at radius 1 is 1.50 bits per heavy atom. The van der Waals surface area contributed by atoms with Crippen LogP contribution in [0, 0.1) is 0 Å². The predicted molar refractivity (Wildman–Crippen MR) is 58.3 cm³/mol. The molecule has 0 radical (unpaired) electrons. The molecule has 1 aromatic rings. The van der Waals surface area contributed by atoms with E-state index in [4.69, 9.17) is 11.6 Å². The second-order valence-electron chi connectivity index (χ2n) is 3.10. The molecule has 0 aliphatic heterocycles. The minimum Gasteiger partial charge on any atom is -0.375 e. The van der Waals surface area contributed by atoms with Gasteiger partial charge in [-0.15, -0.1) is 0 Å². The molecule has 0 spiro atoms. The molecule has 14 heavy (non-hydrogen) atoms. The van der Waals surface area contributed by atoms with Gasteiger partial charge in [-0.05, 0) is 11.6 Å². The molecule has 4 heteroatoms. The van der Waals surface area contributed by atoms with Gasteiger partial charge in [-0.2, -0.15) is 0 Å². The molecule has 0 aliphatic carbocycles. The van der Waals surface area contributed by atoms with Gasteiger partial charge in [-0.1, -0.05) is 24.8 Å². The number of para-hydroxylation sites is 1. The Hall–Kier alpha value is -1.36. The second kappa shape index (κ2) is 4.23. The third-order valence-electron chi connectivity index (χ3n) is 1.99. The maximum absolute atomic E-state index is 9.20. The SMILES string of the molecule is C=C(c1ccccc1N(C)N)C(N)O. The van der Waals surface area contributed by atoms with E-state index >= 15 is 0 Å². The van der Waals surface area contributed by atoms with Crippen molar-refractivity contribution in [2.45, 2.75) is 6.23 Å². The van der Waals surface area contributed by atoms with Gasteiger partial charge in [0.05, 0.1) is 5.69 Å². The Morgan fingerprint density at radius 3 is 2.57 bits per heavy atom. The molecule has 4 nitrogen and oxygen atoms in total. The standard InChI is InChI=1S/C10H15N3O/c1-7(10(11)14)8-5-3-4-6-9(8)13(2)12/h3-6,10,14H,1,11-12H2,2H3. The number of rotatable bonds is 3. The third kappa shape index (κ3) is 2.11. The van der Waals surface area contributed by atoms with E-state index in [1.165, 1.54) is 5.01 Å². The number of hydrogen-bond acceptors (Lipinski definition) is 4. The topological polar surface area (TPSA) is 75.5 Å². The zero-order valence-corrected chi connectivity index (χ0v) is 8.14. The maximum Gasteiger partial charge on any atom is 0.128 e. The number of anilines is 1. The summed E-state index contributed by atoms with van der Waals surface area (Å²) in [6.45, 7) is 3.71. The van der Waals surface area contributed by atoms with Crippen molar-refractivity contribution in [1.29, 1.82) is 0 Å². The fraction of sp³-hybridized carbons (Fsp3) is 0.200. The summed E-state index contributed by atoms with van der Waals surface area (Å²) in [5.41, 5.74) is 7.33. The summed E-state index contributed by atoms with van der Waals surface area (Å²) < 4.78 is 0. The second-order valence-corrected chi connectivity index (χ2v) is 3.10. The summed E-state index contributed by atoms with van der Waals surface area (Å²) in [7, 11) is 1.72. The summed E-state index contributed by atoms with van der Waals surface area (Å²) in [6, 6.07) is 7.36. The highest BCUT2D eigenvalue weighted by Gasteiger charge is 2.11. The van der Waals surface area contributed by atoms with Crippen LogP contribution in [0.5, 0.6) is 0 Å². The van der Waals surface area contributed by atoms with Gasteiger partial charge in [0.15, 0.2) is 0 Å². The first-order chi connectivity index (χ1) is 6.54. The number of nitrogens with zero attached hydrogens (tertiary/aromatic N) is 1. The largest absolute Gasteiger partial charge is 0.375 e. The molecule has 0 bridgehead atoms. The average molecular weight is 193 g/mol. The Bertz CT molecular complexity index is 334. The van der Waals surface area contributed by atoms with Crippen molar-refractivity contribution in [3.8, 4) is 0 Å². The van der Waals surface area contributed by atoms with Gasteiger partial charge >= 0.3 is 0 Å². The molecule has 1 atom stereocenters. The lowest BCUT2D eigenvalue weighted by Crippen LogP contribution is -2.27. The van der Waals surface area contributed by atoms with Gasteiger partial charge in [-0.3, -0.25) is 0 Å². The van der Waals surface area contributed by atoms with Crippen LogP contribution < -0.4 is 16.6 Å². The van der Waals surface area contributed by atoms with Crippen molar-refractivity contribution in [2.75, 3.05) is 12.1 Å². The number of aliphatic hydroxyl groups is 1. The van der Waals surface area contributed by atoms with E-state index in [1.807, 2.05) is 24.3 Å². The van der Waals surface area contributed by atoms with E-state index in [-0.39, 0.29) is 0 Å². The molecule has 0 heterocycles. The van der Waals surface area contributed by atoms with E-state index < -0.39 is 6.23 Å². The van der Waals surface area contributed by atoms with Crippen LogP contribution in [-0.2, 0) is 0 Å². The van der Waals surface area contributed by atoms with E-state index in [0.29, 0.717) is 5.57 Å². The highest BCUT2D eigenvalue weighted by molar-refractivity contribution is 5.76. The van der Waals surface area contributed by atoms with E-state index in [9.17, 15) is 5.11 Å². The van der Waals surface area contributed by atoms with Crippen LogP contribution in [0.4, 0.5) is 5.69 Å². The molecule has 0 amide bonds. The predicted octanol–water partition coefficient (Wildman–Crippen LogP) is 0.287. The van der Waals surface area contributed by atoms with Crippen LogP contribution in [0.1, 0.15) is 5.56 Å². The van der Waals surface area contributed by atoms with Gasteiger partial charge in [0.1, 0.15) is 6.23 Å². The van der Waals surface area contributed by atoms with Crippen molar-refractivity contribution in [1.82, 2.24) is 0 Å². The van der Waals surface area contributed by atoms with Crippen LogP contribution in [0.3, 0.4) is 0 Å². The minimum absolute atomic E-state index is 0.456. The summed E-state index contributed by atoms with van der Waals surface area (Å²) >= 11 is 0. The zero-order chi connectivity index (χ0) is 10.7. The van der Waals surface area contributed by atoms with Crippen molar-refractivity contribution in [3.63, 3.8) is 0 Å². The van der Waals surface area contributed by atoms with E-state index in [1.54, 1.807) is 7.05 Å². The highest BCUT2D eigenvalue weighted by atomic mass is 16.3. The average Bonchev–Trinajstić information content (AvgIpc) is 2.16. The minimum atomic E-state index is -1.06. The van der Waals surface area contributed by atoms with E-state index in [2.05, 4.69) is 6.58 Å². The summed E-state index contributed by atoms with van der Waals surface area (Å²) in [4.78, 5) is 0. The van der Waals surface area contributed by atoms with Crippen molar-refractivity contribution >= 4 is 11.3 Å². The van der Waals surface area contributed by atoms with Crippen molar-refractivity contribution < 1.29 is 5.11 Å². The van der Waals surface area contributed by atoms with Gasteiger partial charge in [0, 0.05) is 12.6 Å². The molecule has 76 valence electrons. The molecule has 1 unspecified atom stereocenters. The van der Waals surface area contributed by atoms with Crippen LogP contribution >= 0.6 is 0 Å². The first-order valence-electron chi connectivity index (χ1n) is 4.24. The van der Waals surface area contributed by atoms with Crippen LogP contribution in [-0.4, -0.2) is 18.4 Å². The van der Waals surface area contributed by atoms with Gasteiger partial charge in [0.2, 0.25) is 0 Å². The molecule has 0 aliphatic rings. The summed E-state index contributed by atoms with van der Waals surface area (Å²) in [6.07, 6.45) is -1.06. The monoisotopic (exact) mass is 193 g/mol. The molecule has 0 saturated heterocycles. The molecule has 0 fully saturated rings. The summed E-state index contributed by atoms with van der Waals surface area (Å²) in [5, 5.41) is 10.7. The fourth-order valence-electron chi connectivity index (χ4n) is 1.21. The third-order valence-corrected chi connectivity index (χ3v) is 1.99. The highest BCUT2D eigenvalue weighted by Crippen LogP contribution is 2.24. The molecular formula is C10H15N3O. The number of hydrogen-bond donors (Lipinski definition) is 3. The first-order valence-corrected chi connectivity index (χ1v) is 4.24. The molecule has 0 aromatic heterocycles. The lowest BCUT2D eigenvalue weighted by molar-refractivity contribution is 0.241. The molecule has 5 N–H and O–H groups in total. The quantitative estimate of drug-likeness (QED) is 0.366. The molecular weight excluding hydrogens is 178 g/mol. The van der Waals surface area contributed by atoms with Gasteiger partial charge in [-0.25, -0.2) is 5.84 Å². The smallest absolute Gasteiger partial charge is 0.128 e. The molecule has 0 saturated carbocycles. The fourth-order valence-corrected chi connectivity index (χ4v) is 1.21.